The highest BCUT2D eigenvalue weighted by Crippen LogP contribution is 2.46. The second-order valence-electron chi connectivity index (χ2n) is 8.95. The van der Waals surface area contributed by atoms with Crippen molar-refractivity contribution in [2.45, 2.75) is 31.7 Å². The van der Waals surface area contributed by atoms with E-state index in [2.05, 4.69) is 11.4 Å². The number of ether oxygens (including phenoxy) is 2. The number of allylic oxidation sites excluding steroid dienone is 1. The molecule has 9 heteroatoms. The van der Waals surface area contributed by atoms with Crippen molar-refractivity contribution in [3.05, 3.63) is 87.9 Å². The third kappa shape index (κ3) is 3.67. The van der Waals surface area contributed by atoms with Gasteiger partial charge in [-0.3, -0.25) is 9.69 Å². The predicted octanol–water partition coefficient (Wildman–Crippen LogP) is 2.49. The first-order valence-corrected chi connectivity index (χ1v) is 11.2. The number of nitrogens with two attached hydrogens (primary N) is 1. The molecule has 2 aromatic rings. The number of amides is 1. The Morgan fingerprint density at radius 3 is 2.36 bits per heavy atom. The highest BCUT2D eigenvalue weighted by atomic mass is 16.5. The summed E-state index contributed by atoms with van der Waals surface area (Å²) < 4.78 is 10.2. The molecule has 2 aromatic carbocycles. The standard InChI is InChI=1S/C27H26N4O5/c1-27(2)21-16(14-30-26(27)34)11-8-12-18(21)31-22(25(33)36-4)20(24(32)35-3)19(17(13-28)23(31)29)15-9-6-5-7-10-15/h5-12,19H,14,29H2,1-4H3,(H,30,34). The van der Waals surface area contributed by atoms with Gasteiger partial charge in [0.05, 0.1) is 48.5 Å². The number of carbonyl (C=O) groups excluding carboxylic acids is 3. The molecule has 184 valence electrons. The van der Waals surface area contributed by atoms with Crippen molar-refractivity contribution in [3.8, 4) is 6.07 Å². The molecule has 1 amide bonds. The molecule has 3 N–H and O–H groups in total. The number of carbonyl (C=O) groups is 3. The maximum Gasteiger partial charge on any atom is 0.355 e. The number of anilines is 1. The monoisotopic (exact) mass is 486 g/mol. The Labute approximate surface area is 208 Å². The minimum absolute atomic E-state index is 0.0467. The summed E-state index contributed by atoms with van der Waals surface area (Å²) >= 11 is 0. The molecule has 2 aliphatic rings. The molecule has 0 saturated carbocycles. The van der Waals surface area contributed by atoms with Crippen LogP contribution in [0.1, 0.15) is 36.5 Å². The largest absolute Gasteiger partial charge is 0.466 e. The highest BCUT2D eigenvalue weighted by Gasteiger charge is 2.46. The molecule has 9 nitrogen and oxygen atoms in total. The fourth-order valence-corrected chi connectivity index (χ4v) is 4.92. The summed E-state index contributed by atoms with van der Waals surface area (Å²) in [6.07, 6.45) is 0. The minimum atomic E-state index is -1.000. The van der Waals surface area contributed by atoms with E-state index in [1.54, 1.807) is 56.3 Å². The first-order valence-electron chi connectivity index (χ1n) is 11.2. The van der Waals surface area contributed by atoms with Crippen LogP contribution in [0.4, 0.5) is 5.69 Å². The number of fused-ring (bicyclic) bond motifs is 1. The molecule has 0 radical (unpaired) electrons. The highest BCUT2D eigenvalue weighted by molar-refractivity contribution is 6.07. The van der Waals surface area contributed by atoms with Crippen LogP contribution in [0.2, 0.25) is 0 Å². The number of nitrogens with one attached hydrogen (secondary N) is 1. The molecule has 2 heterocycles. The van der Waals surface area contributed by atoms with Crippen molar-refractivity contribution in [1.82, 2.24) is 5.32 Å². The fraction of sp³-hybridized carbons (Fsp3) is 0.259. The van der Waals surface area contributed by atoms with Crippen LogP contribution in [0.5, 0.6) is 0 Å². The number of rotatable bonds is 4. The SMILES string of the molecule is COC(=O)C1=C(C(=O)OC)N(c2cccc3c2C(C)(C)C(=O)NC3)C(N)=C(C#N)C1c1ccccc1. The Balaban J connectivity index is 2.13. The molecule has 2 aliphatic heterocycles. The molecule has 1 atom stereocenters. The van der Waals surface area contributed by atoms with Crippen LogP contribution in [0.3, 0.4) is 0 Å². The molecule has 0 aromatic heterocycles. The van der Waals surface area contributed by atoms with Gasteiger partial charge in [0.2, 0.25) is 5.91 Å². The quantitative estimate of drug-likeness (QED) is 0.630. The minimum Gasteiger partial charge on any atom is -0.466 e. The lowest BCUT2D eigenvalue weighted by Crippen LogP contribution is -2.47. The summed E-state index contributed by atoms with van der Waals surface area (Å²) in [4.78, 5) is 40.7. The molecule has 36 heavy (non-hydrogen) atoms. The van der Waals surface area contributed by atoms with E-state index in [-0.39, 0.29) is 35.1 Å². The lowest BCUT2D eigenvalue weighted by atomic mass is 9.76. The molecule has 4 rings (SSSR count). The van der Waals surface area contributed by atoms with E-state index in [0.29, 0.717) is 16.8 Å². The summed E-state index contributed by atoms with van der Waals surface area (Å²) in [6.45, 7) is 3.80. The van der Waals surface area contributed by atoms with Gasteiger partial charge in [0.25, 0.3) is 0 Å². The van der Waals surface area contributed by atoms with Crippen LogP contribution >= 0.6 is 0 Å². The van der Waals surface area contributed by atoms with E-state index in [0.717, 1.165) is 5.56 Å². The van der Waals surface area contributed by atoms with Crippen molar-refractivity contribution in [2.75, 3.05) is 19.1 Å². The Kier molecular flexibility index (Phi) is 6.29. The third-order valence-corrected chi connectivity index (χ3v) is 6.61. The van der Waals surface area contributed by atoms with Gasteiger partial charge >= 0.3 is 11.9 Å². The van der Waals surface area contributed by atoms with Gasteiger partial charge in [-0.25, -0.2) is 9.59 Å². The van der Waals surface area contributed by atoms with Crippen LogP contribution in [-0.4, -0.2) is 32.1 Å². The third-order valence-electron chi connectivity index (χ3n) is 6.61. The second-order valence-corrected chi connectivity index (χ2v) is 8.95. The summed E-state index contributed by atoms with van der Waals surface area (Å²) in [7, 11) is 2.39. The molecular formula is C27H26N4O5. The molecule has 1 unspecified atom stereocenters. The van der Waals surface area contributed by atoms with Crippen molar-refractivity contribution >= 4 is 23.5 Å². The maximum atomic E-state index is 13.3. The normalized spacial score (nSPS) is 18.7. The second kappa shape index (κ2) is 9.23. The molecule has 0 saturated heterocycles. The van der Waals surface area contributed by atoms with E-state index in [4.69, 9.17) is 15.2 Å². The van der Waals surface area contributed by atoms with Crippen LogP contribution in [0.25, 0.3) is 0 Å². The predicted molar refractivity (Wildman–Crippen MR) is 131 cm³/mol. The van der Waals surface area contributed by atoms with E-state index in [1.807, 2.05) is 6.07 Å². The van der Waals surface area contributed by atoms with Crippen molar-refractivity contribution in [1.29, 1.82) is 5.26 Å². The van der Waals surface area contributed by atoms with Crippen molar-refractivity contribution in [2.24, 2.45) is 5.73 Å². The zero-order valence-electron chi connectivity index (χ0n) is 20.4. The molecule has 0 spiro atoms. The molecule has 0 fully saturated rings. The van der Waals surface area contributed by atoms with Gasteiger partial charge in [-0.1, -0.05) is 42.5 Å². The summed E-state index contributed by atoms with van der Waals surface area (Å²) in [5, 5.41) is 13.1. The van der Waals surface area contributed by atoms with E-state index < -0.39 is 23.3 Å². The first-order chi connectivity index (χ1) is 17.2. The van der Waals surface area contributed by atoms with Crippen LogP contribution in [0, 0.1) is 11.3 Å². The molecule has 0 bridgehead atoms. The van der Waals surface area contributed by atoms with Gasteiger partial charge in [0, 0.05) is 6.54 Å². The number of methoxy groups -OCH3 is 2. The van der Waals surface area contributed by atoms with Crippen LogP contribution in [0.15, 0.2) is 71.2 Å². The fourth-order valence-electron chi connectivity index (χ4n) is 4.92. The van der Waals surface area contributed by atoms with E-state index in [9.17, 15) is 19.6 Å². The van der Waals surface area contributed by atoms with Gasteiger partial charge in [0.15, 0.2) is 0 Å². The van der Waals surface area contributed by atoms with Gasteiger partial charge in [0.1, 0.15) is 11.5 Å². The van der Waals surface area contributed by atoms with Crippen molar-refractivity contribution in [3.63, 3.8) is 0 Å². The number of hydrogen-bond acceptors (Lipinski definition) is 8. The van der Waals surface area contributed by atoms with E-state index >= 15 is 0 Å². The number of benzene rings is 2. The average Bonchev–Trinajstić information content (AvgIpc) is 2.89. The van der Waals surface area contributed by atoms with Gasteiger partial charge in [-0.15, -0.1) is 0 Å². The van der Waals surface area contributed by atoms with Crippen molar-refractivity contribution < 1.29 is 23.9 Å². The zero-order valence-corrected chi connectivity index (χ0v) is 20.4. The number of hydrogen-bond donors (Lipinski definition) is 2. The number of nitrogens with zero attached hydrogens (tertiary/aromatic N) is 2. The summed E-state index contributed by atoms with van der Waals surface area (Å²) in [5.74, 6) is -2.87. The Hall–Kier alpha value is -4.58. The lowest BCUT2D eigenvalue weighted by Gasteiger charge is -2.40. The topological polar surface area (TPSA) is 135 Å². The van der Waals surface area contributed by atoms with Crippen LogP contribution in [-0.2, 0) is 35.8 Å². The Bertz CT molecular complexity index is 1370. The maximum absolute atomic E-state index is 13.3. The number of esters is 2. The average molecular weight is 487 g/mol. The Morgan fingerprint density at radius 2 is 1.75 bits per heavy atom. The molecular weight excluding hydrogens is 460 g/mol. The number of nitriles is 1. The summed E-state index contributed by atoms with van der Waals surface area (Å²) in [6, 6.07) is 16.2. The molecule has 0 aliphatic carbocycles. The van der Waals surface area contributed by atoms with Crippen LogP contribution < -0.4 is 16.0 Å². The smallest absolute Gasteiger partial charge is 0.355 e. The van der Waals surface area contributed by atoms with Gasteiger partial charge in [-0.2, -0.15) is 5.26 Å². The van der Waals surface area contributed by atoms with Gasteiger partial charge in [-0.05, 0) is 36.6 Å². The summed E-state index contributed by atoms with van der Waals surface area (Å²) in [5.41, 5.74) is 7.83. The Morgan fingerprint density at radius 1 is 1.08 bits per heavy atom. The van der Waals surface area contributed by atoms with Gasteiger partial charge < -0.3 is 20.5 Å². The zero-order chi connectivity index (χ0) is 26.2. The first kappa shape index (κ1) is 24.5. The van der Waals surface area contributed by atoms with E-state index in [1.165, 1.54) is 19.1 Å². The lowest BCUT2D eigenvalue weighted by molar-refractivity contribution is -0.139.